The number of alkyl carbamates (subject to hydrolysis) is 1. The van der Waals surface area contributed by atoms with Gasteiger partial charge in [-0.2, -0.15) is 0 Å². The molecule has 50 heavy (non-hydrogen) atoms. The molecular weight excluding hydrogens is 689 g/mol. The van der Waals surface area contributed by atoms with E-state index in [1.807, 2.05) is 0 Å². The van der Waals surface area contributed by atoms with Gasteiger partial charge in [0.1, 0.15) is 24.1 Å². The number of ether oxygens (including phenoxy) is 3. The van der Waals surface area contributed by atoms with Crippen molar-refractivity contribution in [2.75, 3.05) is 31.7 Å². The number of hydrogen-bond donors (Lipinski definition) is 3. The summed E-state index contributed by atoms with van der Waals surface area (Å²) < 4.78 is 15.3. The molecule has 0 bridgehead atoms. The summed E-state index contributed by atoms with van der Waals surface area (Å²) in [6.07, 6.45) is 3.77. The van der Waals surface area contributed by atoms with Gasteiger partial charge >= 0.3 is 18.2 Å². The molecule has 0 aliphatic carbocycles. The minimum Gasteiger partial charge on any atom is -0.469 e. The zero-order valence-corrected chi connectivity index (χ0v) is 30.5. The van der Waals surface area contributed by atoms with Crippen LogP contribution in [-0.4, -0.2) is 73.4 Å². The van der Waals surface area contributed by atoms with E-state index in [4.69, 9.17) is 37.4 Å². The highest BCUT2D eigenvalue weighted by molar-refractivity contribution is 6.34. The van der Waals surface area contributed by atoms with Crippen LogP contribution in [-0.2, 0) is 28.6 Å². The number of hydrogen-bond acceptors (Lipinski definition) is 9. The van der Waals surface area contributed by atoms with E-state index in [-0.39, 0.29) is 44.9 Å². The molecule has 0 radical (unpaired) electrons. The summed E-state index contributed by atoms with van der Waals surface area (Å²) in [4.78, 5) is 69.4. The van der Waals surface area contributed by atoms with Gasteiger partial charge in [0.2, 0.25) is 11.8 Å². The number of amides is 4. The SMILES string of the molecule is C=CCOC(=O)NCCCCC(NC(=O)CCCCN(C(=O)OC(C)(C)C)c1ccccn1)C(=O)NC(CC(=O)OC)c1cc(Cl)cc(Cl)c1. The summed E-state index contributed by atoms with van der Waals surface area (Å²) in [5, 5.41) is 8.88. The topological polar surface area (TPSA) is 165 Å². The third-order valence-electron chi connectivity index (χ3n) is 6.95. The van der Waals surface area contributed by atoms with Gasteiger partial charge in [0.05, 0.1) is 19.6 Å². The molecule has 1 aromatic heterocycles. The first-order chi connectivity index (χ1) is 23.7. The Balaban J connectivity index is 2.10. The molecule has 1 heterocycles. The van der Waals surface area contributed by atoms with E-state index in [0.717, 1.165) is 0 Å². The smallest absolute Gasteiger partial charge is 0.416 e. The van der Waals surface area contributed by atoms with Crippen LogP contribution in [0.3, 0.4) is 0 Å². The van der Waals surface area contributed by atoms with Gasteiger partial charge in [0.25, 0.3) is 0 Å². The maximum Gasteiger partial charge on any atom is 0.416 e. The number of esters is 1. The zero-order chi connectivity index (χ0) is 37.1. The van der Waals surface area contributed by atoms with Crippen molar-refractivity contribution in [1.82, 2.24) is 20.9 Å². The fourth-order valence-electron chi connectivity index (χ4n) is 4.62. The second-order valence-corrected chi connectivity index (χ2v) is 13.1. The van der Waals surface area contributed by atoms with E-state index in [0.29, 0.717) is 47.1 Å². The van der Waals surface area contributed by atoms with Crippen molar-refractivity contribution in [2.45, 2.75) is 83.4 Å². The third-order valence-corrected chi connectivity index (χ3v) is 7.39. The Labute approximate surface area is 303 Å². The minimum atomic E-state index is -0.975. The number of halogens is 2. The normalized spacial score (nSPS) is 12.1. The molecule has 274 valence electrons. The molecule has 4 amide bonds. The van der Waals surface area contributed by atoms with Crippen molar-refractivity contribution in [3.8, 4) is 0 Å². The van der Waals surface area contributed by atoms with Crippen LogP contribution in [0.15, 0.2) is 55.3 Å². The summed E-state index contributed by atoms with van der Waals surface area (Å²) in [6, 6.07) is 8.06. The maximum atomic E-state index is 13.6. The lowest BCUT2D eigenvalue weighted by Gasteiger charge is -2.26. The van der Waals surface area contributed by atoms with E-state index in [1.54, 1.807) is 57.3 Å². The van der Waals surface area contributed by atoms with E-state index in [2.05, 4.69) is 27.5 Å². The van der Waals surface area contributed by atoms with Crippen LogP contribution in [0.25, 0.3) is 0 Å². The van der Waals surface area contributed by atoms with Gasteiger partial charge in [0, 0.05) is 35.8 Å². The maximum absolute atomic E-state index is 13.6. The molecule has 3 N–H and O–H groups in total. The van der Waals surface area contributed by atoms with E-state index in [1.165, 1.54) is 24.2 Å². The second kappa shape index (κ2) is 21.7. The number of benzene rings is 1. The molecule has 0 aliphatic rings. The van der Waals surface area contributed by atoms with Crippen LogP contribution < -0.4 is 20.9 Å². The molecule has 15 heteroatoms. The van der Waals surface area contributed by atoms with Crippen LogP contribution in [0.4, 0.5) is 15.4 Å². The molecule has 13 nitrogen and oxygen atoms in total. The van der Waals surface area contributed by atoms with Crippen molar-refractivity contribution in [1.29, 1.82) is 0 Å². The summed E-state index contributed by atoms with van der Waals surface area (Å²) in [5.41, 5.74) is -0.227. The van der Waals surface area contributed by atoms with E-state index >= 15 is 0 Å². The summed E-state index contributed by atoms with van der Waals surface area (Å²) in [5.74, 6) is -1.07. The van der Waals surface area contributed by atoms with Gasteiger partial charge in [-0.25, -0.2) is 14.6 Å². The number of rotatable bonds is 19. The predicted octanol–water partition coefficient (Wildman–Crippen LogP) is 6.29. The lowest BCUT2D eigenvalue weighted by Crippen LogP contribution is -2.48. The highest BCUT2D eigenvalue weighted by atomic mass is 35.5. The van der Waals surface area contributed by atoms with Crippen molar-refractivity contribution in [3.05, 3.63) is 70.9 Å². The number of unbranched alkanes of at least 4 members (excludes halogenated alkanes) is 2. The minimum absolute atomic E-state index is 0.0698. The highest BCUT2D eigenvalue weighted by Gasteiger charge is 2.27. The summed E-state index contributed by atoms with van der Waals surface area (Å²) in [7, 11) is 1.24. The number of nitrogens with zero attached hydrogens (tertiary/aromatic N) is 2. The van der Waals surface area contributed by atoms with Gasteiger partial charge < -0.3 is 30.2 Å². The van der Waals surface area contributed by atoms with Crippen LogP contribution in [0, 0.1) is 0 Å². The van der Waals surface area contributed by atoms with Gasteiger partial charge in [0.15, 0.2) is 0 Å². The number of nitrogens with one attached hydrogen (secondary N) is 3. The predicted molar refractivity (Wildman–Crippen MR) is 191 cm³/mol. The Morgan fingerprint density at radius 1 is 1.00 bits per heavy atom. The first-order valence-corrected chi connectivity index (χ1v) is 17.0. The number of aromatic nitrogens is 1. The van der Waals surface area contributed by atoms with Crippen LogP contribution in [0.1, 0.15) is 77.3 Å². The molecule has 0 fully saturated rings. The lowest BCUT2D eigenvalue weighted by atomic mass is 10.0. The van der Waals surface area contributed by atoms with E-state index in [9.17, 15) is 24.0 Å². The van der Waals surface area contributed by atoms with Gasteiger partial charge in [-0.3, -0.25) is 19.3 Å². The van der Waals surface area contributed by atoms with Crippen LogP contribution in [0.5, 0.6) is 0 Å². The van der Waals surface area contributed by atoms with Crippen molar-refractivity contribution >= 4 is 59.0 Å². The molecule has 1 aromatic carbocycles. The fraction of sp³-hybridized carbons (Fsp3) is 0.486. The lowest BCUT2D eigenvalue weighted by molar-refractivity contribution is -0.141. The molecule has 0 saturated heterocycles. The quantitative estimate of drug-likeness (QED) is 0.0651. The number of pyridine rings is 1. The number of carbonyl (C=O) groups is 5. The van der Waals surface area contributed by atoms with Gasteiger partial charge in [-0.15, -0.1) is 0 Å². The van der Waals surface area contributed by atoms with Crippen molar-refractivity contribution in [2.24, 2.45) is 0 Å². The molecule has 0 spiro atoms. The highest BCUT2D eigenvalue weighted by Crippen LogP contribution is 2.26. The molecule has 2 atom stereocenters. The fourth-order valence-corrected chi connectivity index (χ4v) is 5.16. The molecular formula is C35H47Cl2N5O8. The average Bonchev–Trinajstić information content (AvgIpc) is 3.05. The Bertz CT molecular complexity index is 1420. The van der Waals surface area contributed by atoms with Gasteiger partial charge in [-0.05, 0) is 88.8 Å². The number of anilines is 1. The molecule has 2 rings (SSSR count). The van der Waals surface area contributed by atoms with Crippen molar-refractivity contribution < 1.29 is 38.2 Å². The van der Waals surface area contributed by atoms with E-state index < -0.39 is 41.7 Å². The first kappa shape index (κ1) is 41.8. The largest absolute Gasteiger partial charge is 0.469 e. The Hall–Kier alpha value is -4.36. The molecule has 0 saturated carbocycles. The molecule has 0 aliphatic heterocycles. The Kier molecular flexibility index (Phi) is 18.1. The molecule has 2 aromatic rings. The standard InChI is InChI=1S/C35H47Cl2N5O8/c1-6-19-49-33(46)39-17-10-7-13-27(32(45)41-28(23-31(44)48-5)24-20-25(36)22-26(37)21-24)40-30(43)15-9-12-18-42(29-14-8-11-16-38-29)34(47)50-35(2,3)4/h6,8,11,14,16,20-22,27-28H,1,7,9-10,12-13,15,17-19,23H2,2-5H3,(H,39,46)(H,40,43)(H,41,45). The number of methoxy groups -OCH3 is 1. The summed E-state index contributed by atoms with van der Waals surface area (Å²) in [6.45, 7) is 9.43. The average molecular weight is 737 g/mol. The van der Waals surface area contributed by atoms with Gasteiger partial charge in [-0.1, -0.05) is 41.9 Å². The molecule has 2 unspecified atom stereocenters. The van der Waals surface area contributed by atoms with Crippen LogP contribution in [0.2, 0.25) is 10.0 Å². The Morgan fingerprint density at radius 3 is 2.34 bits per heavy atom. The number of carbonyl (C=O) groups excluding carboxylic acids is 5. The Morgan fingerprint density at radius 2 is 1.72 bits per heavy atom. The van der Waals surface area contributed by atoms with Crippen LogP contribution >= 0.6 is 23.2 Å². The first-order valence-electron chi connectivity index (χ1n) is 16.3. The third kappa shape index (κ3) is 16.4. The summed E-state index contributed by atoms with van der Waals surface area (Å²) >= 11 is 12.4. The monoisotopic (exact) mass is 735 g/mol. The zero-order valence-electron chi connectivity index (χ0n) is 29.0. The second-order valence-electron chi connectivity index (χ2n) is 12.3. The van der Waals surface area contributed by atoms with Crippen molar-refractivity contribution in [3.63, 3.8) is 0 Å².